The Morgan fingerprint density at radius 2 is 2.05 bits per heavy atom. The molecule has 0 aromatic heterocycles. The Labute approximate surface area is 121 Å². The van der Waals surface area contributed by atoms with Crippen LogP contribution in [0.5, 0.6) is 5.75 Å². The maximum atomic E-state index is 11.9. The van der Waals surface area contributed by atoms with Gasteiger partial charge in [-0.3, -0.25) is 9.59 Å². The Bertz CT molecular complexity index is 540. The van der Waals surface area contributed by atoms with Crippen molar-refractivity contribution in [3.05, 3.63) is 28.8 Å². The van der Waals surface area contributed by atoms with Gasteiger partial charge in [-0.1, -0.05) is 11.6 Å². The van der Waals surface area contributed by atoms with Gasteiger partial charge < -0.3 is 15.4 Å². The van der Waals surface area contributed by atoms with Crippen LogP contribution in [-0.2, 0) is 4.79 Å². The zero-order chi connectivity index (χ0) is 15.0. The van der Waals surface area contributed by atoms with Crippen LogP contribution in [0.3, 0.4) is 0 Å². The van der Waals surface area contributed by atoms with Gasteiger partial charge >= 0.3 is 0 Å². The van der Waals surface area contributed by atoms with Gasteiger partial charge in [0.05, 0.1) is 18.7 Å². The molecule has 0 atom stereocenters. The third kappa shape index (κ3) is 4.78. The number of nitriles is 1. The predicted molar refractivity (Wildman–Crippen MR) is 73.6 cm³/mol. The minimum Gasteiger partial charge on any atom is -0.496 e. The number of nitrogens with zero attached hydrogens (tertiary/aromatic N) is 1. The molecule has 0 unspecified atom stereocenters. The van der Waals surface area contributed by atoms with E-state index in [9.17, 15) is 9.59 Å². The predicted octanol–water partition coefficient (Wildman–Crippen LogP) is 1.11. The SMILES string of the molecule is COc1ccc(Cl)cc1C(=O)NCCNC(=O)CC#N. The van der Waals surface area contributed by atoms with Crippen molar-refractivity contribution >= 4 is 23.4 Å². The van der Waals surface area contributed by atoms with E-state index in [0.29, 0.717) is 16.3 Å². The third-order valence-corrected chi connectivity index (χ3v) is 2.61. The first-order valence-corrected chi connectivity index (χ1v) is 6.21. The molecule has 0 radical (unpaired) electrons. The minimum absolute atomic E-state index is 0.198. The number of hydrogen-bond acceptors (Lipinski definition) is 4. The highest BCUT2D eigenvalue weighted by Crippen LogP contribution is 2.22. The number of benzene rings is 1. The number of methoxy groups -OCH3 is 1. The quantitative estimate of drug-likeness (QED) is 0.769. The van der Waals surface area contributed by atoms with Crippen LogP contribution in [0.4, 0.5) is 0 Å². The van der Waals surface area contributed by atoms with Crippen LogP contribution >= 0.6 is 11.6 Å². The van der Waals surface area contributed by atoms with Crippen LogP contribution in [0, 0.1) is 11.3 Å². The third-order valence-electron chi connectivity index (χ3n) is 2.38. The second-order valence-corrected chi connectivity index (χ2v) is 4.22. The van der Waals surface area contributed by atoms with Crippen LogP contribution in [0.1, 0.15) is 16.8 Å². The lowest BCUT2D eigenvalue weighted by Gasteiger charge is -2.10. The lowest BCUT2D eigenvalue weighted by Crippen LogP contribution is -2.34. The molecular weight excluding hydrogens is 282 g/mol. The molecule has 0 aliphatic heterocycles. The first kappa shape index (κ1) is 15.8. The van der Waals surface area contributed by atoms with E-state index in [1.165, 1.54) is 13.2 Å². The van der Waals surface area contributed by atoms with Gasteiger partial charge in [0.2, 0.25) is 5.91 Å². The van der Waals surface area contributed by atoms with Crippen molar-refractivity contribution in [1.82, 2.24) is 10.6 Å². The second-order valence-electron chi connectivity index (χ2n) is 3.79. The van der Waals surface area contributed by atoms with E-state index in [-0.39, 0.29) is 31.3 Å². The Morgan fingerprint density at radius 1 is 1.35 bits per heavy atom. The van der Waals surface area contributed by atoms with Crippen molar-refractivity contribution in [2.75, 3.05) is 20.2 Å². The highest BCUT2D eigenvalue weighted by Gasteiger charge is 2.12. The number of carbonyl (C=O) groups is 2. The molecule has 7 heteroatoms. The normalized spacial score (nSPS) is 9.45. The molecule has 0 spiro atoms. The molecule has 2 amide bonds. The van der Waals surface area contributed by atoms with Crippen molar-refractivity contribution in [2.45, 2.75) is 6.42 Å². The van der Waals surface area contributed by atoms with Gasteiger partial charge in [-0.2, -0.15) is 5.26 Å². The lowest BCUT2D eigenvalue weighted by atomic mass is 10.2. The van der Waals surface area contributed by atoms with Crippen LogP contribution < -0.4 is 15.4 Å². The van der Waals surface area contributed by atoms with Gasteiger partial charge in [0.15, 0.2) is 0 Å². The van der Waals surface area contributed by atoms with E-state index in [1.54, 1.807) is 18.2 Å². The fourth-order valence-corrected chi connectivity index (χ4v) is 1.64. The zero-order valence-corrected chi connectivity index (χ0v) is 11.7. The molecule has 0 fully saturated rings. The first-order valence-electron chi connectivity index (χ1n) is 5.84. The molecule has 1 aromatic carbocycles. The summed E-state index contributed by atoms with van der Waals surface area (Å²) < 4.78 is 5.07. The molecule has 6 nitrogen and oxygen atoms in total. The molecule has 20 heavy (non-hydrogen) atoms. The average molecular weight is 296 g/mol. The summed E-state index contributed by atoms with van der Waals surface area (Å²) >= 11 is 5.83. The van der Waals surface area contributed by atoms with Crippen molar-refractivity contribution < 1.29 is 14.3 Å². The number of rotatable bonds is 6. The summed E-state index contributed by atoms with van der Waals surface area (Å²) in [6.45, 7) is 0.487. The van der Waals surface area contributed by atoms with Crippen molar-refractivity contribution in [1.29, 1.82) is 5.26 Å². The maximum absolute atomic E-state index is 11.9. The summed E-state index contributed by atoms with van der Waals surface area (Å²) in [5, 5.41) is 13.9. The Hall–Kier alpha value is -2.26. The average Bonchev–Trinajstić information content (AvgIpc) is 2.43. The van der Waals surface area contributed by atoms with Crippen LogP contribution in [-0.4, -0.2) is 32.0 Å². The van der Waals surface area contributed by atoms with E-state index < -0.39 is 0 Å². The Kier molecular flexibility index (Phi) is 6.33. The number of amides is 2. The topological polar surface area (TPSA) is 91.2 Å². The molecule has 1 rings (SSSR count). The van der Waals surface area contributed by atoms with Crippen LogP contribution in [0.25, 0.3) is 0 Å². The number of nitrogens with one attached hydrogen (secondary N) is 2. The van der Waals surface area contributed by atoms with E-state index in [0.717, 1.165) is 0 Å². The maximum Gasteiger partial charge on any atom is 0.255 e. The molecule has 1 aromatic rings. The van der Waals surface area contributed by atoms with Gasteiger partial charge in [-0.05, 0) is 18.2 Å². The van der Waals surface area contributed by atoms with Crippen LogP contribution in [0.15, 0.2) is 18.2 Å². The van der Waals surface area contributed by atoms with Gasteiger partial charge in [0, 0.05) is 18.1 Å². The van der Waals surface area contributed by atoms with Crippen molar-refractivity contribution in [2.24, 2.45) is 0 Å². The molecule has 106 valence electrons. The first-order chi connectivity index (χ1) is 9.58. The summed E-state index contributed by atoms with van der Waals surface area (Å²) in [5.74, 6) is -0.304. The monoisotopic (exact) mass is 295 g/mol. The fraction of sp³-hybridized carbons (Fsp3) is 0.308. The highest BCUT2D eigenvalue weighted by atomic mass is 35.5. The van der Waals surface area contributed by atoms with Gasteiger partial charge in [-0.15, -0.1) is 0 Å². The molecular formula is C13H14ClN3O3. The van der Waals surface area contributed by atoms with Crippen molar-refractivity contribution in [3.8, 4) is 11.8 Å². The Balaban J connectivity index is 2.49. The molecule has 0 saturated carbocycles. The van der Waals surface area contributed by atoms with E-state index in [2.05, 4.69) is 10.6 Å². The zero-order valence-electron chi connectivity index (χ0n) is 10.9. The van der Waals surface area contributed by atoms with E-state index >= 15 is 0 Å². The van der Waals surface area contributed by atoms with Gasteiger partial charge in [0.25, 0.3) is 5.91 Å². The molecule has 0 saturated heterocycles. The Morgan fingerprint density at radius 3 is 2.70 bits per heavy atom. The summed E-state index contributed by atoms with van der Waals surface area (Å²) in [4.78, 5) is 23.0. The summed E-state index contributed by atoms with van der Waals surface area (Å²) in [6, 6.07) is 6.47. The van der Waals surface area contributed by atoms with E-state index in [1.807, 2.05) is 0 Å². The molecule has 0 bridgehead atoms. The number of hydrogen-bond donors (Lipinski definition) is 2. The standard InChI is InChI=1S/C13H14ClN3O3/c1-20-11-3-2-9(14)8-10(11)13(19)17-7-6-16-12(18)4-5-15/h2-3,8H,4,6-7H2,1H3,(H,16,18)(H,17,19). The fourth-order valence-electron chi connectivity index (χ4n) is 1.47. The summed E-state index contributed by atoms with van der Waals surface area (Å²) in [7, 11) is 1.46. The number of carbonyl (C=O) groups excluding carboxylic acids is 2. The summed E-state index contributed by atoms with van der Waals surface area (Å²) in [6.07, 6.45) is -0.198. The van der Waals surface area contributed by atoms with E-state index in [4.69, 9.17) is 21.6 Å². The van der Waals surface area contributed by atoms with Crippen molar-refractivity contribution in [3.63, 3.8) is 0 Å². The number of ether oxygens (including phenoxy) is 1. The highest BCUT2D eigenvalue weighted by molar-refractivity contribution is 6.31. The molecule has 2 N–H and O–H groups in total. The molecule has 0 aliphatic rings. The largest absolute Gasteiger partial charge is 0.496 e. The lowest BCUT2D eigenvalue weighted by molar-refractivity contribution is -0.120. The summed E-state index contributed by atoms with van der Waals surface area (Å²) in [5.41, 5.74) is 0.323. The second kappa shape index (κ2) is 8.02. The molecule has 0 aliphatic carbocycles. The molecule has 0 heterocycles. The van der Waals surface area contributed by atoms with Crippen LogP contribution in [0.2, 0.25) is 5.02 Å². The number of halogens is 1. The smallest absolute Gasteiger partial charge is 0.255 e. The minimum atomic E-state index is -0.373. The van der Waals surface area contributed by atoms with Gasteiger partial charge in [0.1, 0.15) is 12.2 Å². The van der Waals surface area contributed by atoms with Gasteiger partial charge in [-0.25, -0.2) is 0 Å².